The monoisotopic (exact) mass is 348 g/mol. The van der Waals surface area contributed by atoms with Crippen molar-refractivity contribution in [3.8, 4) is 11.8 Å². The highest BCUT2D eigenvalue weighted by molar-refractivity contribution is 7.95. The Balaban J connectivity index is 2.27. The van der Waals surface area contributed by atoms with Crippen LogP contribution in [0.2, 0.25) is 5.02 Å². The summed E-state index contributed by atoms with van der Waals surface area (Å²) in [7, 11) is -2.35. The van der Waals surface area contributed by atoms with E-state index in [2.05, 4.69) is 5.32 Å². The largest absolute Gasteiger partial charge is 0.497 e. The van der Waals surface area contributed by atoms with Crippen LogP contribution < -0.4 is 10.1 Å². The van der Waals surface area contributed by atoms with Crippen molar-refractivity contribution in [1.29, 1.82) is 5.26 Å². The molecule has 0 saturated heterocycles. The van der Waals surface area contributed by atoms with Gasteiger partial charge < -0.3 is 10.1 Å². The Kier molecular flexibility index (Phi) is 5.27. The summed E-state index contributed by atoms with van der Waals surface area (Å²) in [6.45, 7) is 0. The molecule has 0 saturated carbocycles. The zero-order valence-corrected chi connectivity index (χ0v) is 13.7. The first kappa shape index (κ1) is 16.9. The van der Waals surface area contributed by atoms with Crippen LogP contribution in [-0.2, 0) is 9.84 Å². The number of benzene rings is 2. The van der Waals surface area contributed by atoms with Crippen molar-refractivity contribution in [2.75, 3.05) is 12.4 Å². The molecule has 0 aliphatic carbocycles. The van der Waals surface area contributed by atoms with E-state index >= 15 is 0 Å². The molecule has 0 spiro atoms. The van der Waals surface area contributed by atoms with Crippen molar-refractivity contribution in [2.24, 2.45) is 0 Å². The lowest BCUT2D eigenvalue weighted by Gasteiger charge is -2.06. The predicted octanol–water partition coefficient (Wildman–Crippen LogP) is 3.60. The van der Waals surface area contributed by atoms with Gasteiger partial charge in [0.15, 0.2) is 4.91 Å². The summed E-state index contributed by atoms with van der Waals surface area (Å²) in [5.41, 5.74) is 0.629. The predicted molar refractivity (Wildman–Crippen MR) is 89.0 cm³/mol. The summed E-state index contributed by atoms with van der Waals surface area (Å²) in [6.07, 6.45) is 1.16. The molecular weight excluding hydrogens is 336 g/mol. The average molecular weight is 349 g/mol. The van der Waals surface area contributed by atoms with E-state index in [4.69, 9.17) is 21.6 Å². The second-order valence-electron chi connectivity index (χ2n) is 4.45. The number of nitrogens with zero attached hydrogens (tertiary/aromatic N) is 1. The minimum absolute atomic E-state index is 0.00577. The Morgan fingerprint density at radius 2 is 1.78 bits per heavy atom. The van der Waals surface area contributed by atoms with Crippen molar-refractivity contribution in [2.45, 2.75) is 4.90 Å². The van der Waals surface area contributed by atoms with E-state index in [1.54, 1.807) is 37.4 Å². The number of rotatable bonds is 5. The molecule has 7 heteroatoms. The van der Waals surface area contributed by atoms with Crippen LogP contribution in [0.3, 0.4) is 0 Å². The maximum Gasteiger partial charge on any atom is 0.218 e. The fourth-order valence-corrected chi connectivity index (χ4v) is 2.96. The zero-order chi connectivity index (χ0) is 16.9. The summed E-state index contributed by atoms with van der Waals surface area (Å²) in [6, 6.07) is 14.2. The number of anilines is 1. The lowest BCUT2D eigenvalue weighted by Crippen LogP contribution is -2.05. The summed E-state index contributed by atoms with van der Waals surface area (Å²) in [4.78, 5) is -0.387. The molecule has 0 unspecified atom stereocenters. The van der Waals surface area contributed by atoms with Gasteiger partial charge in [-0.25, -0.2) is 8.42 Å². The van der Waals surface area contributed by atoms with Gasteiger partial charge in [0.1, 0.15) is 11.8 Å². The van der Waals surface area contributed by atoms with Crippen LogP contribution in [0, 0.1) is 11.3 Å². The summed E-state index contributed by atoms with van der Waals surface area (Å²) in [5.74, 6) is 0.675. The van der Waals surface area contributed by atoms with Gasteiger partial charge in [-0.2, -0.15) is 5.26 Å². The topological polar surface area (TPSA) is 79.2 Å². The van der Waals surface area contributed by atoms with Gasteiger partial charge in [-0.1, -0.05) is 11.6 Å². The van der Waals surface area contributed by atoms with Crippen LogP contribution in [0.5, 0.6) is 5.75 Å². The minimum atomic E-state index is -3.90. The molecule has 0 atom stereocenters. The van der Waals surface area contributed by atoms with E-state index in [0.717, 1.165) is 6.20 Å². The smallest absolute Gasteiger partial charge is 0.218 e. The molecule has 0 aliphatic heterocycles. The Hall–Kier alpha value is -2.49. The van der Waals surface area contributed by atoms with E-state index in [1.165, 1.54) is 24.3 Å². The maximum atomic E-state index is 12.4. The van der Waals surface area contributed by atoms with Gasteiger partial charge in [-0.15, -0.1) is 0 Å². The Morgan fingerprint density at radius 1 is 1.17 bits per heavy atom. The molecule has 2 aromatic rings. The fourth-order valence-electron chi connectivity index (χ4n) is 1.75. The molecule has 0 aromatic heterocycles. The highest BCUT2D eigenvalue weighted by atomic mass is 35.5. The van der Waals surface area contributed by atoms with Crippen molar-refractivity contribution in [3.05, 3.63) is 64.7 Å². The third-order valence-corrected chi connectivity index (χ3v) is 4.92. The van der Waals surface area contributed by atoms with Crippen LogP contribution >= 0.6 is 11.6 Å². The third kappa shape index (κ3) is 4.03. The quantitative estimate of drug-likeness (QED) is 0.835. The molecule has 23 heavy (non-hydrogen) atoms. The van der Waals surface area contributed by atoms with Gasteiger partial charge in [0.25, 0.3) is 0 Å². The standard InChI is InChI=1S/C16H13ClN2O3S/c1-22-14-6-4-13(5-7-14)19-11-16(10-18)23(20,21)15-8-2-12(17)3-9-15/h2-9,11,19H,1H3. The third-order valence-electron chi connectivity index (χ3n) is 2.98. The van der Waals surface area contributed by atoms with E-state index in [0.29, 0.717) is 16.5 Å². The van der Waals surface area contributed by atoms with Crippen molar-refractivity contribution >= 4 is 27.1 Å². The number of nitriles is 1. The van der Waals surface area contributed by atoms with Gasteiger partial charge in [0.2, 0.25) is 9.84 Å². The summed E-state index contributed by atoms with van der Waals surface area (Å²) in [5, 5.41) is 12.4. The van der Waals surface area contributed by atoms with E-state index in [1.807, 2.05) is 0 Å². The number of hydrogen-bond donors (Lipinski definition) is 1. The van der Waals surface area contributed by atoms with Crippen LogP contribution in [0.25, 0.3) is 0 Å². The van der Waals surface area contributed by atoms with Gasteiger partial charge in [-0.3, -0.25) is 0 Å². The SMILES string of the molecule is COc1ccc(NC=C(C#N)S(=O)(=O)c2ccc(Cl)cc2)cc1. The average Bonchev–Trinajstić information content (AvgIpc) is 2.56. The number of hydrogen-bond acceptors (Lipinski definition) is 5. The maximum absolute atomic E-state index is 12.4. The Morgan fingerprint density at radius 3 is 2.30 bits per heavy atom. The van der Waals surface area contributed by atoms with E-state index in [9.17, 15) is 8.42 Å². The van der Waals surface area contributed by atoms with Crippen molar-refractivity contribution in [3.63, 3.8) is 0 Å². The Bertz CT molecular complexity index is 852. The first-order chi connectivity index (χ1) is 11.0. The number of ether oxygens (including phenoxy) is 1. The van der Waals surface area contributed by atoms with Gasteiger partial charge in [0.05, 0.1) is 12.0 Å². The molecular formula is C16H13ClN2O3S. The molecule has 0 aliphatic rings. The van der Waals surface area contributed by atoms with Crippen LogP contribution in [0.15, 0.2) is 64.5 Å². The zero-order valence-electron chi connectivity index (χ0n) is 12.2. The van der Waals surface area contributed by atoms with E-state index < -0.39 is 14.7 Å². The number of methoxy groups -OCH3 is 1. The van der Waals surface area contributed by atoms with Gasteiger partial charge >= 0.3 is 0 Å². The molecule has 2 aromatic carbocycles. The number of sulfone groups is 1. The van der Waals surface area contributed by atoms with E-state index in [-0.39, 0.29) is 4.90 Å². The molecule has 0 radical (unpaired) electrons. The number of halogens is 1. The number of nitrogens with one attached hydrogen (secondary N) is 1. The van der Waals surface area contributed by atoms with Crippen LogP contribution in [-0.4, -0.2) is 15.5 Å². The summed E-state index contributed by atoms with van der Waals surface area (Å²) < 4.78 is 29.8. The molecule has 2 rings (SSSR count). The first-order valence-corrected chi connectivity index (χ1v) is 8.35. The Labute approximate surface area is 139 Å². The first-order valence-electron chi connectivity index (χ1n) is 6.49. The molecule has 118 valence electrons. The highest BCUT2D eigenvalue weighted by Gasteiger charge is 2.20. The molecule has 0 heterocycles. The second-order valence-corrected chi connectivity index (χ2v) is 6.81. The van der Waals surface area contributed by atoms with Crippen LogP contribution in [0.4, 0.5) is 5.69 Å². The van der Waals surface area contributed by atoms with Gasteiger partial charge in [-0.05, 0) is 48.5 Å². The molecule has 0 amide bonds. The highest BCUT2D eigenvalue weighted by Crippen LogP contribution is 2.21. The normalized spacial score (nSPS) is 11.6. The summed E-state index contributed by atoms with van der Waals surface area (Å²) >= 11 is 5.74. The fraction of sp³-hybridized carbons (Fsp3) is 0.0625. The molecule has 0 fully saturated rings. The molecule has 1 N–H and O–H groups in total. The van der Waals surface area contributed by atoms with Crippen molar-refractivity contribution in [1.82, 2.24) is 0 Å². The van der Waals surface area contributed by atoms with Gasteiger partial charge in [0, 0.05) is 16.9 Å². The lowest BCUT2D eigenvalue weighted by atomic mass is 10.3. The lowest BCUT2D eigenvalue weighted by molar-refractivity contribution is 0.415. The minimum Gasteiger partial charge on any atom is -0.497 e. The number of allylic oxidation sites excluding steroid dienone is 1. The van der Waals surface area contributed by atoms with Crippen molar-refractivity contribution < 1.29 is 13.2 Å². The molecule has 0 bridgehead atoms. The molecule has 5 nitrogen and oxygen atoms in total. The van der Waals surface area contributed by atoms with Crippen LogP contribution in [0.1, 0.15) is 0 Å². The second kappa shape index (κ2) is 7.18.